The number of nitrogens with one attached hydrogen (secondary N) is 1. The van der Waals surface area contributed by atoms with Gasteiger partial charge in [0.1, 0.15) is 4.88 Å². The number of thiophene rings is 1. The van der Waals surface area contributed by atoms with Gasteiger partial charge in [-0.3, -0.25) is 0 Å². The second kappa shape index (κ2) is 4.99. The Labute approximate surface area is 111 Å². The molecule has 0 aliphatic carbocycles. The van der Waals surface area contributed by atoms with E-state index in [2.05, 4.69) is 4.72 Å². The second-order valence-electron chi connectivity index (χ2n) is 5.22. The zero-order chi connectivity index (χ0) is 14.1. The van der Waals surface area contributed by atoms with Gasteiger partial charge in [0, 0.05) is 11.4 Å². The molecule has 7 heteroatoms. The highest BCUT2D eigenvalue weighted by Crippen LogP contribution is 2.26. The maximum absolute atomic E-state index is 12.0. The molecular formula is C11H17NO4S2. The summed E-state index contributed by atoms with van der Waals surface area (Å²) in [6.45, 7) is 7.64. The van der Waals surface area contributed by atoms with Crippen LogP contribution in [0.4, 0.5) is 0 Å². The topological polar surface area (TPSA) is 83.5 Å². The summed E-state index contributed by atoms with van der Waals surface area (Å²) in [5.41, 5.74) is -0.174. The van der Waals surface area contributed by atoms with Crippen molar-refractivity contribution in [3.63, 3.8) is 0 Å². The van der Waals surface area contributed by atoms with Gasteiger partial charge in [-0.25, -0.2) is 17.9 Å². The van der Waals surface area contributed by atoms with Crippen molar-refractivity contribution in [2.45, 2.75) is 32.6 Å². The molecule has 0 saturated heterocycles. The molecule has 1 rings (SSSR count). The van der Waals surface area contributed by atoms with Gasteiger partial charge in [0.15, 0.2) is 0 Å². The van der Waals surface area contributed by atoms with Crippen molar-refractivity contribution in [3.05, 3.63) is 15.8 Å². The number of hydrogen-bond donors (Lipinski definition) is 2. The summed E-state index contributed by atoms with van der Waals surface area (Å²) in [6, 6.07) is 1.20. The number of hydrogen-bond acceptors (Lipinski definition) is 4. The fourth-order valence-electron chi connectivity index (χ4n) is 1.23. The fourth-order valence-corrected chi connectivity index (χ4v) is 3.94. The summed E-state index contributed by atoms with van der Waals surface area (Å²) >= 11 is 0.964. The standard InChI is InChI=1S/C11H17NO4S2/c1-7-9(5-8(17-7)10(13)14)18(15,16)12-6-11(2,3)4/h5,12H,6H2,1-4H3,(H,13,14). The van der Waals surface area contributed by atoms with Crippen LogP contribution in [-0.2, 0) is 10.0 Å². The highest BCUT2D eigenvalue weighted by atomic mass is 32.2. The predicted octanol–water partition coefficient (Wildman–Crippen LogP) is 2.08. The lowest BCUT2D eigenvalue weighted by Crippen LogP contribution is -2.32. The molecule has 1 heterocycles. The van der Waals surface area contributed by atoms with Crippen molar-refractivity contribution < 1.29 is 18.3 Å². The Morgan fingerprint density at radius 1 is 1.44 bits per heavy atom. The Morgan fingerprint density at radius 2 is 2.00 bits per heavy atom. The Kier molecular flexibility index (Phi) is 4.19. The minimum absolute atomic E-state index is 0.0311. The normalized spacial score (nSPS) is 12.7. The molecule has 0 aliphatic heterocycles. The number of aryl methyl sites for hydroxylation is 1. The van der Waals surface area contributed by atoms with Crippen molar-refractivity contribution in [2.24, 2.45) is 5.41 Å². The van der Waals surface area contributed by atoms with Crippen LogP contribution in [0.3, 0.4) is 0 Å². The maximum atomic E-state index is 12.0. The number of carboxylic acid groups (broad SMARTS) is 1. The lowest BCUT2D eigenvalue weighted by atomic mass is 9.98. The van der Waals surface area contributed by atoms with Crippen molar-refractivity contribution in [1.82, 2.24) is 4.72 Å². The van der Waals surface area contributed by atoms with Crippen molar-refractivity contribution in [2.75, 3.05) is 6.54 Å². The summed E-state index contributed by atoms with van der Waals surface area (Å²) in [6.07, 6.45) is 0. The van der Waals surface area contributed by atoms with Gasteiger partial charge in [0.25, 0.3) is 0 Å². The first-order chi connectivity index (χ1) is 8.03. The van der Waals surface area contributed by atoms with Gasteiger partial charge >= 0.3 is 5.97 Å². The molecule has 0 radical (unpaired) electrons. The number of aromatic carboxylic acids is 1. The van der Waals surface area contributed by atoms with E-state index >= 15 is 0 Å². The first-order valence-electron chi connectivity index (χ1n) is 5.36. The van der Waals surface area contributed by atoms with Crippen LogP contribution in [0.5, 0.6) is 0 Å². The molecule has 0 unspecified atom stereocenters. The molecule has 0 spiro atoms. The molecule has 1 aromatic rings. The van der Waals surface area contributed by atoms with Crippen LogP contribution in [-0.4, -0.2) is 26.0 Å². The van der Waals surface area contributed by atoms with Gasteiger partial charge in [0.2, 0.25) is 10.0 Å². The number of carboxylic acids is 1. The predicted molar refractivity (Wildman–Crippen MR) is 70.7 cm³/mol. The number of carbonyl (C=O) groups is 1. The smallest absolute Gasteiger partial charge is 0.345 e. The van der Waals surface area contributed by atoms with E-state index in [0.717, 1.165) is 11.3 Å². The number of rotatable bonds is 4. The van der Waals surface area contributed by atoms with Gasteiger partial charge in [-0.1, -0.05) is 20.8 Å². The largest absolute Gasteiger partial charge is 0.477 e. The van der Waals surface area contributed by atoms with Gasteiger partial charge in [-0.05, 0) is 18.4 Å². The van der Waals surface area contributed by atoms with Crippen molar-refractivity contribution in [1.29, 1.82) is 0 Å². The van der Waals surface area contributed by atoms with E-state index in [0.29, 0.717) is 11.4 Å². The van der Waals surface area contributed by atoms with Crippen molar-refractivity contribution in [3.8, 4) is 0 Å². The first-order valence-corrected chi connectivity index (χ1v) is 7.66. The molecule has 0 aromatic carbocycles. The third-order valence-electron chi connectivity index (χ3n) is 2.17. The molecule has 0 amide bonds. The number of sulfonamides is 1. The molecule has 1 aromatic heterocycles. The molecule has 0 saturated carbocycles. The second-order valence-corrected chi connectivity index (χ2v) is 8.21. The van der Waals surface area contributed by atoms with Gasteiger partial charge in [-0.2, -0.15) is 0 Å². The molecule has 0 aliphatic rings. The zero-order valence-corrected chi connectivity index (χ0v) is 12.4. The first kappa shape index (κ1) is 15.1. The molecule has 102 valence electrons. The summed E-state index contributed by atoms with van der Waals surface area (Å²) in [5.74, 6) is -1.11. The fraction of sp³-hybridized carbons (Fsp3) is 0.545. The molecule has 0 fully saturated rings. The summed E-state index contributed by atoms with van der Waals surface area (Å²) in [5, 5.41) is 8.84. The minimum Gasteiger partial charge on any atom is -0.477 e. The van der Waals surface area contributed by atoms with E-state index in [1.165, 1.54) is 6.07 Å². The Hall–Kier alpha value is -0.920. The lowest BCUT2D eigenvalue weighted by Gasteiger charge is -2.18. The minimum atomic E-state index is -3.64. The molecule has 18 heavy (non-hydrogen) atoms. The SMILES string of the molecule is Cc1sc(C(=O)O)cc1S(=O)(=O)NCC(C)(C)C. The summed E-state index contributed by atoms with van der Waals surface area (Å²) in [7, 11) is -3.64. The van der Waals surface area contributed by atoms with E-state index in [-0.39, 0.29) is 15.2 Å². The average molecular weight is 291 g/mol. The highest BCUT2D eigenvalue weighted by Gasteiger charge is 2.23. The Balaban J connectivity index is 3.02. The van der Waals surface area contributed by atoms with E-state index in [1.807, 2.05) is 20.8 Å². The van der Waals surface area contributed by atoms with Gasteiger partial charge < -0.3 is 5.11 Å². The lowest BCUT2D eigenvalue weighted by molar-refractivity contribution is 0.0702. The van der Waals surface area contributed by atoms with Crippen LogP contribution >= 0.6 is 11.3 Å². The quantitative estimate of drug-likeness (QED) is 0.889. The van der Waals surface area contributed by atoms with E-state index in [1.54, 1.807) is 6.92 Å². The van der Waals surface area contributed by atoms with E-state index < -0.39 is 16.0 Å². The van der Waals surface area contributed by atoms with Gasteiger partial charge in [-0.15, -0.1) is 11.3 Å². The van der Waals surface area contributed by atoms with Crippen LogP contribution in [0.25, 0.3) is 0 Å². The third kappa shape index (κ3) is 3.79. The van der Waals surface area contributed by atoms with Crippen LogP contribution in [0.2, 0.25) is 0 Å². The summed E-state index contributed by atoms with van der Waals surface area (Å²) in [4.78, 5) is 11.4. The van der Waals surface area contributed by atoms with Crippen LogP contribution in [0.1, 0.15) is 35.3 Å². The van der Waals surface area contributed by atoms with E-state index in [9.17, 15) is 13.2 Å². The maximum Gasteiger partial charge on any atom is 0.345 e. The van der Waals surface area contributed by atoms with Crippen LogP contribution < -0.4 is 4.72 Å². The third-order valence-corrected chi connectivity index (χ3v) is 4.86. The Morgan fingerprint density at radius 3 is 2.39 bits per heavy atom. The molecule has 0 bridgehead atoms. The zero-order valence-electron chi connectivity index (χ0n) is 10.8. The average Bonchev–Trinajstić information content (AvgIpc) is 2.57. The van der Waals surface area contributed by atoms with Crippen molar-refractivity contribution >= 4 is 27.3 Å². The molecular weight excluding hydrogens is 274 g/mol. The van der Waals surface area contributed by atoms with Crippen LogP contribution in [0, 0.1) is 12.3 Å². The highest BCUT2D eigenvalue weighted by molar-refractivity contribution is 7.89. The van der Waals surface area contributed by atoms with Gasteiger partial charge in [0.05, 0.1) is 4.90 Å². The Bertz CT molecular complexity index is 552. The molecule has 5 nitrogen and oxygen atoms in total. The monoisotopic (exact) mass is 291 g/mol. The molecule has 0 atom stereocenters. The molecule has 2 N–H and O–H groups in total. The van der Waals surface area contributed by atoms with E-state index in [4.69, 9.17) is 5.11 Å². The summed E-state index contributed by atoms with van der Waals surface area (Å²) < 4.78 is 26.6. The van der Waals surface area contributed by atoms with Crippen LogP contribution in [0.15, 0.2) is 11.0 Å².